The Morgan fingerprint density at radius 2 is 1.93 bits per heavy atom. The van der Waals surface area contributed by atoms with Gasteiger partial charge in [0, 0.05) is 50.5 Å². The molecule has 0 aliphatic rings. The van der Waals surface area contributed by atoms with Crippen molar-refractivity contribution in [2.24, 2.45) is 7.05 Å². The molecule has 11 nitrogen and oxygen atoms in total. The van der Waals surface area contributed by atoms with Crippen molar-refractivity contribution in [1.82, 2.24) is 29.4 Å². The summed E-state index contributed by atoms with van der Waals surface area (Å²) in [7, 11) is 7.84. The number of aromatic nitrogens is 5. The molecule has 0 saturated heterocycles. The Morgan fingerprint density at radius 3 is 2.62 bits per heavy atom. The number of amides is 1. The highest BCUT2D eigenvalue weighted by Crippen LogP contribution is 2.36. The van der Waals surface area contributed by atoms with E-state index in [9.17, 15) is 4.79 Å². The summed E-state index contributed by atoms with van der Waals surface area (Å²) in [5.41, 5.74) is 3.10. The number of nitrogens with zero attached hydrogens (tertiary/aromatic N) is 7. The quantitative estimate of drug-likeness (QED) is 0.250. The van der Waals surface area contributed by atoms with E-state index >= 15 is 0 Å². The Labute approximate surface area is 238 Å². The van der Waals surface area contributed by atoms with Gasteiger partial charge in [-0.15, -0.1) is 0 Å². The van der Waals surface area contributed by atoms with Gasteiger partial charge in [0.05, 0.1) is 28.7 Å². The highest BCUT2D eigenvalue weighted by molar-refractivity contribution is 6.33. The van der Waals surface area contributed by atoms with Gasteiger partial charge in [-0.1, -0.05) is 18.2 Å². The first kappa shape index (κ1) is 28.8. The number of hydrogen-bond donors (Lipinski definition) is 2. The predicted molar refractivity (Wildman–Crippen MR) is 161 cm³/mol. The fourth-order valence-electron chi connectivity index (χ4n) is 3.95. The number of anilines is 4. The summed E-state index contributed by atoms with van der Waals surface area (Å²) in [5.74, 6) is 0.808. The van der Waals surface area contributed by atoms with E-state index in [1.165, 1.54) is 12.3 Å². The molecule has 0 aromatic carbocycles. The van der Waals surface area contributed by atoms with Crippen molar-refractivity contribution in [2.45, 2.75) is 20.0 Å². The number of halogens is 1. The minimum Gasteiger partial charge on any atom is -0.473 e. The average molecular weight is 564 g/mol. The molecule has 4 heterocycles. The normalized spacial score (nSPS) is 11.2. The maximum Gasteiger partial charge on any atom is 0.247 e. The molecular formula is C28H34ClN9O2. The summed E-state index contributed by atoms with van der Waals surface area (Å²) >= 11 is 6.51. The van der Waals surface area contributed by atoms with Crippen molar-refractivity contribution in [1.29, 1.82) is 0 Å². The van der Waals surface area contributed by atoms with Gasteiger partial charge in [0.2, 0.25) is 17.7 Å². The zero-order valence-electron chi connectivity index (χ0n) is 23.6. The van der Waals surface area contributed by atoms with Gasteiger partial charge in [-0.05, 0) is 52.2 Å². The molecule has 4 rings (SSSR count). The minimum absolute atomic E-state index is 0.160. The van der Waals surface area contributed by atoms with E-state index < -0.39 is 0 Å². The van der Waals surface area contributed by atoms with Crippen molar-refractivity contribution in [3.63, 3.8) is 0 Å². The van der Waals surface area contributed by atoms with Crippen LogP contribution in [0.3, 0.4) is 0 Å². The van der Waals surface area contributed by atoms with Gasteiger partial charge in [0.15, 0.2) is 5.82 Å². The molecule has 0 aliphatic carbocycles. The molecule has 0 spiro atoms. The second-order valence-corrected chi connectivity index (χ2v) is 10.3. The number of likely N-dealkylation sites (N-methyl/N-ethyl adjacent to an activating group) is 2. The van der Waals surface area contributed by atoms with Crippen molar-refractivity contribution in [3.8, 4) is 17.1 Å². The number of nitrogens with one attached hydrogen (secondary N) is 2. The smallest absolute Gasteiger partial charge is 0.247 e. The molecular weight excluding hydrogens is 530 g/mol. The molecule has 0 aliphatic heterocycles. The van der Waals surface area contributed by atoms with Gasteiger partial charge in [-0.3, -0.25) is 4.79 Å². The monoisotopic (exact) mass is 563 g/mol. The van der Waals surface area contributed by atoms with E-state index in [2.05, 4.69) is 37.1 Å². The van der Waals surface area contributed by atoms with Gasteiger partial charge < -0.3 is 29.7 Å². The van der Waals surface area contributed by atoms with Gasteiger partial charge >= 0.3 is 0 Å². The maximum atomic E-state index is 12.3. The largest absolute Gasteiger partial charge is 0.473 e. The Hall–Kier alpha value is -4.22. The molecule has 2 N–H and O–H groups in total. The Bertz CT molecular complexity index is 1530. The van der Waals surface area contributed by atoms with Crippen LogP contribution in [0.15, 0.2) is 49.4 Å². The van der Waals surface area contributed by atoms with Crippen molar-refractivity contribution >= 4 is 51.7 Å². The number of hydrogen-bond acceptors (Lipinski definition) is 9. The van der Waals surface area contributed by atoms with Crippen molar-refractivity contribution in [3.05, 3.63) is 54.5 Å². The van der Waals surface area contributed by atoms with Gasteiger partial charge in [0.1, 0.15) is 11.3 Å². The molecule has 0 saturated carbocycles. The molecule has 4 aromatic rings. The first-order valence-electron chi connectivity index (χ1n) is 12.8. The second kappa shape index (κ2) is 12.3. The summed E-state index contributed by atoms with van der Waals surface area (Å²) in [5, 5.41) is 7.42. The number of pyridine rings is 2. The van der Waals surface area contributed by atoms with E-state index in [1.807, 2.05) is 69.8 Å². The molecule has 0 unspecified atom stereocenters. The first-order chi connectivity index (χ1) is 19.0. The fraction of sp³-hybridized carbons (Fsp3) is 0.321. The van der Waals surface area contributed by atoms with Crippen LogP contribution in [-0.4, -0.2) is 75.6 Å². The number of ether oxygens (including phenoxy) is 1. The highest BCUT2D eigenvalue weighted by atomic mass is 35.5. The lowest BCUT2D eigenvalue weighted by molar-refractivity contribution is -0.111. The fourth-order valence-corrected chi connectivity index (χ4v) is 4.15. The van der Waals surface area contributed by atoms with Gasteiger partial charge in [0.25, 0.3) is 0 Å². The number of aryl methyl sites for hydroxylation is 1. The van der Waals surface area contributed by atoms with E-state index in [4.69, 9.17) is 21.3 Å². The van der Waals surface area contributed by atoms with Crippen LogP contribution in [0.5, 0.6) is 5.88 Å². The molecule has 0 radical (unpaired) electrons. The van der Waals surface area contributed by atoms with Crippen molar-refractivity contribution in [2.75, 3.05) is 49.8 Å². The molecule has 40 heavy (non-hydrogen) atoms. The predicted octanol–water partition coefficient (Wildman–Crippen LogP) is 4.73. The molecule has 0 fully saturated rings. The van der Waals surface area contributed by atoms with Gasteiger partial charge in [-0.2, -0.15) is 4.98 Å². The Kier molecular flexibility index (Phi) is 8.86. The van der Waals surface area contributed by atoms with Crippen LogP contribution >= 0.6 is 11.6 Å². The molecule has 0 atom stereocenters. The van der Waals surface area contributed by atoms with Crippen molar-refractivity contribution < 1.29 is 9.53 Å². The molecule has 210 valence electrons. The van der Waals surface area contributed by atoms with E-state index in [1.54, 1.807) is 12.3 Å². The Morgan fingerprint density at radius 1 is 1.15 bits per heavy atom. The topological polar surface area (TPSA) is 113 Å². The molecule has 4 aromatic heterocycles. The zero-order valence-corrected chi connectivity index (χ0v) is 24.3. The van der Waals surface area contributed by atoms with E-state index in [0.717, 1.165) is 23.1 Å². The summed E-state index contributed by atoms with van der Waals surface area (Å²) in [6.45, 7) is 8.87. The van der Waals surface area contributed by atoms with Crippen LogP contribution in [0.2, 0.25) is 5.02 Å². The van der Waals surface area contributed by atoms with Gasteiger partial charge in [-0.25, -0.2) is 15.0 Å². The van der Waals surface area contributed by atoms with Crippen LogP contribution in [0.4, 0.5) is 23.1 Å². The van der Waals surface area contributed by atoms with Crippen LogP contribution in [-0.2, 0) is 11.8 Å². The third kappa shape index (κ3) is 6.67. The summed E-state index contributed by atoms with van der Waals surface area (Å²) in [6.07, 6.45) is 6.26. The number of carbonyl (C=O) groups excluding carboxylic acids is 1. The lowest BCUT2D eigenvalue weighted by Gasteiger charge is -2.25. The lowest BCUT2D eigenvalue weighted by Crippen LogP contribution is -2.30. The number of fused-ring (bicyclic) bond motifs is 1. The van der Waals surface area contributed by atoms with Crippen LogP contribution in [0.1, 0.15) is 13.8 Å². The summed E-state index contributed by atoms with van der Waals surface area (Å²) < 4.78 is 8.02. The summed E-state index contributed by atoms with van der Waals surface area (Å²) in [6, 6.07) is 5.72. The number of rotatable bonds is 11. The lowest BCUT2D eigenvalue weighted by atomic mass is 10.2. The van der Waals surface area contributed by atoms with E-state index in [-0.39, 0.29) is 18.0 Å². The van der Waals surface area contributed by atoms with Crippen LogP contribution in [0, 0.1) is 0 Å². The first-order valence-corrected chi connectivity index (χ1v) is 13.2. The number of carbonyl (C=O) groups is 1. The zero-order chi connectivity index (χ0) is 29.0. The molecule has 1 amide bonds. The molecule has 0 bridgehead atoms. The summed E-state index contributed by atoms with van der Waals surface area (Å²) in [4.78, 5) is 34.7. The third-order valence-electron chi connectivity index (χ3n) is 5.97. The average Bonchev–Trinajstić information content (AvgIpc) is 3.29. The second-order valence-electron chi connectivity index (χ2n) is 9.88. The van der Waals surface area contributed by atoms with Crippen LogP contribution < -0.4 is 20.3 Å². The maximum absolute atomic E-state index is 12.3. The molecule has 12 heteroatoms. The Balaban J connectivity index is 1.75. The SMILES string of the molecule is C=CC(=O)Nc1cc(Nc2ncc(Cl)c(-c3cnc4c(ccn4C)c3)n2)c(OC(C)C)nc1N(C)CCN(C)C. The standard InChI is InChI=1S/C28H34ClN9O2/c1-8-23(39)32-21-14-22(27(40-17(2)3)35-26(21)38(7)12-11-36(4)5)33-28-31-16-20(29)24(34-28)19-13-18-9-10-37(6)25(18)30-15-19/h8-10,13-17H,1,11-12H2,2-7H3,(H,32,39)(H,31,33,34). The van der Waals surface area contributed by atoms with Crippen LogP contribution in [0.25, 0.3) is 22.3 Å². The van der Waals surface area contributed by atoms with E-state index in [0.29, 0.717) is 40.3 Å². The highest BCUT2D eigenvalue weighted by Gasteiger charge is 2.20. The minimum atomic E-state index is -0.360. The third-order valence-corrected chi connectivity index (χ3v) is 6.25.